The summed E-state index contributed by atoms with van der Waals surface area (Å²) < 4.78 is 6.18. The lowest BCUT2D eigenvalue weighted by atomic mass is 10.00. The first-order valence-electron chi connectivity index (χ1n) is 9.42. The summed E-state index contributed by atoms with van der Waals surface area (Å²) in [6.07, 6.45) is 0.795. The van der Waals surface area contributed by atoms with Crippen molar-refractivity contribution >= 4 is 22.4 Å². The van der Waals surface area contributed by atoms with Crippen LogP contribution in [0.4, 0.5) is 0 Å². The van der Waals surface area contributed by atoms with Crippen molar-refractivity contribution in [3.8, 4) is 5.75 Å². The molecular weight excluding hydrogens is 366 g/mol. The molecule has 1 heterocycles. The summed E-state index contributed by atoms with van der Waals surface area (Å²) in [6, 6.07) is 24.7. The normalized spacial score (nSPS) is 11.0. The molecule has 0 unspecified atom stereocenters. The SMILES string of the molecule is Cc1nc(C)c2cc(Cc3ccccc3Cl)ccc2c1OCc1ccccc1. The zero-order valence-electron chi connectivity index (χ0n) is 16.1. The van der Waals surface area contributed by atoms with Crippen LogP contribution in [-0.2, 0) is 13.0 Å². The summed E-state index contributed by atoms with van der Waals surface area (Å²) in [5.41, 5.74) is 5.41. The lowest BCUT2D eigenvalue weighted by molar-refractivity contribution is 0.306. The van der Waals surface area contributed by atoms with Gasteiger partial charge in [0.2, 0.25) is 0 Å². The highest BCUT2D eigenvalue weighted by molar-refractivity contribution is 6.31. The summed E-state index contributed by atoms with van der Waals surface area (Å²) in [5.74, 6) is 0.855. The van der Waals surface area contributed by atoms with E-state index in [2.05, 4.69) is 43.3 Å². The van der Waals surface area contributed by atoms with E-state index in [1.807, 2.05) is 43.3 Å². The molecule has 3 heteroatoms. The Hall–Kier alpha value is -2.84. The van der Waals surface area contributed by atoms with E-state index in [1.165, 1.54) is 5.56 Å². The van der Waals surface area contributed by atoms with Crippen LogP contribution in [-0.4, -0.2) is 4.98 Å². The number of pyridine rings is 1. The number of hydrogen-bond acceptors (Lipinski definition) is 2. The fourth-order valence-corrected chi connectivity index (χ4v) is 3.73. The van der Waals surface area contributed by atoms with Gasteiger partial charge >= 0.3 is 0 Å². The van der Waals surface area contributed by atoms with Crippen molar-refractivity contribution in [1.82, 2.24) is 4.98 Å². The van der Waals surface area contributed by atoms with Crippen molar-refractivity contribution < 1.29 is 4.74 Å². The van der Waals surface area contributed by atoms with Gasteiger partial charge in [-0.25, -0.2) is 0 Å². The number of aryl methyl sites for hydroxylation is 2. The largest absolute Gasteiger partial charge is 0.486 e. The van der Waals surface area contributed by atoms with Gasteiger partial charge in [0.15, 0.2) is 0 Å². The molecule has 0 saturated carbocycles. The number of ether oxygens (including phenoxy) is 1. The molecule has 0 atom stereocenters. The summed E-state index contributed by atoms with van der Waals surface area (Å²) >= 11 is 6.34. The first-order chi connectivity index (χ1) is 13.6. The summed E-state index contributed by atoms with van der Waals surface area (Å²) in [4.78, 5) is 4.73. The zero-order chi connectivity index (χ0) is 19.5. The maximum Gasteiger partial charge on any atom is 0.148 e. The third-order valence-corrected chi connectivity index (χ3v) is 5.33. The molecule has 4 aromatic rings. The highest BCUT2D eigenvalue weighted by Gasteiger charge is 2.12. The predicted octanol–water partition coefficient (Wildman–Crippen LogP) is 6.67. The van der Waals surface area contributed by atoms with Crippen LogP contribution in [0.5, 0.6) is 5.75 Å². The van der Waals surface area contributed by atoms with Crippen molar-refractivity contribution in [2.75, 3.05) is 0 Å². The summed E-state index contributed by atoms with van der Waals surface area (Å²) in [5, 5.41) is 3.02. The number of hydrogen-bond donors (Lipinski definition) is 0. The Morgan fingerprint density at radius 3 is 2.32 bits per heavy atom. The lowest BCUT2D eigenvalue weighted by Gasteiger charge is -2.15. The molecule has 0 spiro atoms. The molecule has 28 heavy (non-hydrogen) atoms. The van der Waals surface area contributed by atoms with Crippen molar-refractivity contribution in [3.05, 3.63) is 106 Å². The van der Waals surface area contributed by atoms with Gasteiger partial charge in [-0.1, -0.05) is 72.3 Å². The molecule has 0 amide bonds. The first-order valence-corrected chi connectivity index (χ1v) is 9.79. The molecule has 0 radical (unpaired) electrons. The second kappa shape index (κ2) is 8.04. The predicted molar refractivity (Wildman–Crippen MR) is 116 cm³/mol. The highest BCUT2D eigenvalue weighted by Crippen LogP contribution is 2.32. The van der Waals surface area contributed by atoms with Crippen molar-refractivity contribution in [3.63, 3.8) is 0 Å². The fourth-order valence-electron chi connectivity index (χ4n) is 3.53. The Kier molecular flexibility index (Phi) is 5.31. The summed E-state index contributed by atoms with van der Waals surface area (Å²) in [7, 11) is 0. The van der Waals surface area contributed by atoms with Crippen LogP contribution in [0.3, 0.4) is 0 Å². The Balaban J connectivity index is 1.68. The van der Waals surface area contributed by atoms with Crippen molar-refractivity contribution in [2.45, 2.75) is 26.9 Å². The molecular formula is C25H22ClNO. The average molecular weight is 388 g/mol. The molecule has 0 N–H and O–H groups in total. The smallest absolute Gasteiger partial charge is 0.148 e. The minimum Gasteiger partial charge on any atom is -0.486 e. The van der Waals surface area contributed by atoms with Crippen LogP contribution >= 0.6 is 11.6 Å². The molecule has 0 bridgehead atoms. The molecule has 0 aliphatic rings. The maximum absolute atomic E-state index is 6.34. The number of fused-ring (bicyclic) bond motifs is 1. The van der Waals surface area contributed by atoms with Crippen LogP contribution in [0.15, 0.2) is 72.8 Å². The van der Waals surface area contributed by atoms with Gasteiger partial charge in [-0.05, 0) is 49.1 Å². The summed E-state index contributed by atoms with van der Waals surface area (Å²) in [6.45, 7) is 4.59. The highest BCUT2D eigenvalue weighted by atomic mass is 35.5. The van der Waals surface area contributed by atoms with Crippen LogP contribution in [0.1, 0.15) is 28.1 Å². The maximum atomic E-state index is 6.34. The molecule has 2 nitrogen and oxygen atoms in total. The lowest BCUT2D eigenvalue weighted by Crippen LogP contribution is -2.01. The number of benzene rings is 3. The minimum absolute atomic E-state index is 0.531. The van der Waals surface area contributed by atoms with Crippen LogP contribution in [0.2, 0.25) is 5.02 Å². The molecule has 0 fully saturated rings. The monoisotopic (exact) mass is 387 g/mol. The minimum atomic E-state index is 0.531. The van der Waals surface area contributed by atoms with Crippen molar-refractivity contribution in [2.24, 2.45) is 0 Å². The van der Waals surface area contributed by atoms with Gasteiger partial charge in [-0.15, -0.1) is 0 Å². The average Bonchev–Trinajstić information content (AvgIpc) is 2.70. The Labute approximate surface area is 170 Å². The van der Waals surface area contributed by atoms with Gasteiger partial charge in [0.1, 0.15) is 12.4 Å². The van der Waals surface area contributed by atoms with Gasteiger partial charge in [-0.3, -0.25) is 4.98 Å². The molecule has 140 valence electrons. The second-order valence-corrected chi connectivity index (χ2v) is 7.44. The number of aromatic nitrogens is 1. The standard InChI is InChI=1S/C25H22ClNO/c1-17-23-15-20(14-21-10-6-7-11-24(21)26)12-13-22(23)25(18(2)27-17)28-16-19-8-4-3-5-9-19/h3-13,15H,14,16H2,1-2H3. The van der Waals surface area contributed by atoms with Gasteiger partial charge in [-0.2, -0.15) is 0 Å². The Bertz CT molecular complexity index is 1120. The molecule has 0 aliphatic heterocycles. The van der Waals surface area contributed by atoms with Gasteiger partial charge in [0.05, 0.1) is 5.69 Å². The van der Waals surface area contributed by atoms with E-state index in [-0.39, 0.29) is 0 Å². The number of rotatable bonds is 5. The number of nitrogens with zero attached hydrogens (tertiary/aromatic N) is 1. The second-order valence-electron chi connectivity index (χ2n) is 7.03. The van der Waals surface area contributed by atoms with E-state index in [9.17, 15) is 0 Å². The Morgan fingerprint density at radius 2 is 1.54 bits per heavy atom. The van der Waals surface area contributed by atoms with E-state index >= 15 is 0 Å². The van der Waals surface area contributed by atoms with Gasteiger partial charge in [0, 0.05) is 21.5 Å². The van der Waals surface area contributed by atoms with E-state index in [0.29, 0.717) is 6.61 Å². The van der Waals surface area contributed by atoms with E-state index in [1.54, 1.807) is 0 Å². The molecule has 3 aromatic carbocycles. The first kappa shape index (κ1) is 18.5. The molecule has 1 aromatic heterocycles. The molecule has 0 saturated heterocycles. The topological polar surface area (TPSA) is 22.1 Å². The molecule has 0 aliphatic carbocycles. The third-order valence-electron chi connectivity index (χ3n) is 4.96. The number of halogens is 1. The van der Waals surface area contributed by atoms with Gasteiger partial charge in [0.25, 0.3) is 0 Å². The van der Waals surface area contributed by atoms with Crippen molar-refractivity contribution in [1.29, 1.82) is 0 Å². The molecule has 4 rings (SSSR count). The fraction of sp³-hybridized carbons (Fsp3) is 0.160. The van der Waals surface area contributed by atoms with E-state index < -0.39 is 0 Å². The zero-order valence-corrected chi connectivity index (χ0v) is 16.8. The van der Waals surface area contributed by atoms with Crippen LogP contribution in [0.25, 0.3) is 10.8 Å². The van der Waals surface area contributed by atoms with Crippen LogP contribution in [0, 0.1) is 13.8 Å². The quantitative estimate of drug-likeness (QED) is 0.381. The van der Waals surface area contributed by atoms with E-state index in [0.717, 1.165) is 50.5 Å². The Morgan fingerprint density at radius 1 is 0.786 bits per heavy atom. The third kappa shape index (κ3) is 3.88. The van der Waals surface area contributed by atoms with Crippen LogP contribution < -0.4 is 4.74 Å². The van der Waals surface area contributed by atoms with Gasteiger partial charge < -0.3 is 4.74 Å². The van der Waals surface area contributed by atoms with E-state index in [4.69, 9.17) is 21.3 Å².